The van der Waals surface area contributed by atoms with Gasteiger partial charge in [0.1, 0.15) is 5.75 Å². The first-order valence-corrected chi connectivity index (χ1v) is 11.6. The highest BCUT2D eigenvalue weighted by Gasteiger charge is 2.14. The van der Waals surface area contributed by atoms with E-state index in [2.05, 4.69) is 19.9 Å². The summed E-state index contributed by atoms with van der Waals surface area (Å²) in [6.45, 7) is 5.23. The van der Waals surface area contributed by atoms with Gasteiger partial charge in [0.25, 0.3) is 0 Å². The van der Waals surface area contributed by atoms with Crippen LogP contribution in [-0.4, -0.2) is 12.4 Å². The van der Waals surface area contributed by atoms with Crippen LogP contribution in [0.15, 0.2) is 48.5 Å². The summed E-state index contributed by atoms with van der Waals surface area (Å²) < 4.78 is 6.01. The van der Waals surface area contributed by atoms with Crippen molar-refractivity contribution in [2.24, 2.45) is 0 Å². The minimum absolute atomic E-state index is 0.110. The van der Waals surface area contributed by atoms with Crippen LogP contribution >= 0.6 is 0 Å². The van der Waals surface area contributed by atoms with Crippen LogP contribution in [0.4, 0.5) is 0 Å². The summed E-state index contributed by atoms with van der Waals surface area (Å²) in [6.07, 6.45) is 13.3. The van der Waals surface area contributed by atoms with Gasteiger partial charge < -0.3 is 4.74 Å². The van der Waals surface area contributed by atoms with Crippen LogP contribution in [0.2, 0.25) is 0 Å². The molecule has 0 unspecified atom stereocenters. The smallest absolute Gasteiger partial charge is 0.193 e. The van der Waals surface area contributed by atoms with E-state index in [0.717, 1.165) is 48.3 Å². The van der Waals surface area contributed by atoms with Crippen molar-refractivity contribution in [3.8, 4) is 5.75 Å². The summed E-state index contributed by atoms with van der Waals surface area (Å²) in [4.78, 5) is 13.0. The fourth-order valence-corrected chi connectivity index (χ4v) is 3.65. The van der Waals surface area contributed by atoms with E-state index in [1.54, 1.807) is 0 Å². The standard InChI is InChI=1S/C27H38O2/c1-3-5-7-9-10-15-21-29-25-19-20-26(24(22-25)18-12-8-6-4-2)27(28)23-16-13-11-14-17-23/h11,13-14,16-17,19-20,22H,3-10,12,15,18,21H2,1-2H3. The van der Waals surface area contributed by atoms with Crippen molar-refractivity contribution in [3.63, 3.8) is 0 Å². The summed E-state index contributed by atoms with van der Waals surface area (Å²) in [7, 11) is 0. The summed E-state index contributed by atoms with van der Waals surface area (Å²) in [5.41, 5.74) is 2.69. The Morgan fingerprint density at radius 3 is 2.14 bits per heavy atom. The number of unbranched alkanes of at least 4 members (excludes halogenated alkanes) is 8. The van der Waals surface area contributed by atoms with Crippen LogP contribution in [0.25, 0.3) is 0 Å². The molecule has 0 bridgehead atoms. The fourth-order valence-electron chi connectivity index (χ4n) is 3.65. The lowest BCUT2D eigenvalue weighted by atomic mass is 9.94. The number of hydrogen-bond acceptors (Lipinski definition) is 2. The molecule has 0 saturated heterocycles. The number of hydrogen-bond donors (Lipinski definition) is 0. The monoisotopic (exact) mass is 394 g/mol. The molecule has 0 N–H and O–H groups in total. The molecule has 0 fully saturated rings. The molecule has 0 aromatic heterocycles. The molecule has 2 rings (SSSR count). The highest BCUT2D eigenvalue weighted by molar-refractivity contribution is 6.10. The highest BCUT2D eigenvalue weighted by Crippen LogP contribution is 2.23. The second-order valence-electron chi connectivity index (χ2n) is 7.94. The molecule has 2 aromatic rings. The quantitative estimate of drug-likeness (QED) is 0.228. The molecule has 0 aliphatic rings. The Balaban J connectivity index is 2.00. The van der Waals surface area contributed by atoms with Gasteiger partial charge in [-0.1, -0.05) is 95.5 Å². The van der Waals surface area contributed by atoms with Crippen LogP contribution in [0.1, 0.15) is 99.5 Å². The van der Waals surface area contributed by atoms with E-state index in [-0.39, 0.29) is 5.78 Å². The maximum absolute atomic E-state index is 13.0. The lowest BCUT2D eigenvalue weighted by Gasteiger charge is -2.13. The van der Waals surface area contributed by atoms with Gasteiger partial charge in [0.2, 0.25) is 0 Å². The Hall–Kier alpha value is -2.09. The maximum Gasteiger partial charge on any atom is 0.193 e. The van der Waals surface area contributed by atoms with Gasteiger partial charge in [-0.3, -0.25) is 4.79 Å². The molecule has 29 heavy (non-hydrogen) atoms. The third-order valence-corrected chi connectivity index (χ3v) is 5.42. The number of benzene rings is 2. The second kappa shape index (κ2) is 14.0. The summed E-state index contributed by atoms with van der Waals surface area (Å²) in [5, 5.41) is 0. The number of aryl methyl sites for hydroxylation is 1. The first-order chi connectivity index (χ1) is 14.3. The lowest BCUT2D eigenvalue weighted by Crippen LogP contribution is -2.07. The van der Waals surface area contributed by atoms with Gasteiger partial charge in [0.05, 0.1) is 6.61 Å². The van der Waals surface area contributed by atoms with Crippen molar-refractivity contribution < 1.29 is 9.53 Å². The molecule has 2 heteroatoms. The third kappa shape index (κ3) is 8.43. The Labute approximate surface area is 177 Å². The van der Waals surface area contributed by atoms with Crippen LogP contribution in [0, 0.1) is 0 Å². The SMILES string of the molecule is CCCCCCCCOc1ccc(C(=O)c2ccccc2)c(CCCCCC)c1. The highest BCUT2D eigenvalue weighted by atomic mass is 16.5. The van der Waals surface area contributed by atoms with Crippen LogP contribution in [0.5, 0.6) is 5.75 Å². The summed E-state index contributed by atoms with van der Waals surface area (Å²) in [5.74, 6) is 1.01. The van der Waals surface area contributed by atoms with E-state index in [1.165, 1.54) is 51.4 Å². The number of rotatable bonds is 15. The molecule has 0 heterocycles. The van der Waals surface area contributed by atoms with Crippen molar-refractivity contribution in [2.45, 2.75) is 84.5 Å². The van der Waals surface area contributed by atoms with E-state index in [9.17, 15) is 4.79 Å². The summed E-state index contributed by atoms with van der Waals surface area (Å²) in [6, 6.07) is 15.6. The average molecular weight is 395 g/mol. The topological polar surface area (TPSA) is 26.3 Å². The molecular weight excluding hydrogens is 356 g/mol. The largest absolute Gasteiger partial charge is 0.494 e. The molecule has 0 saturated carbocycles. The Morgan fingerprint density at radius 2 is 1.41 bits per heavy atom. The molecule has 2 nitrogen and oxygen atoms in total. The van der Waals surface area contributed by atoms with E-state index in [1.807, 2.05) is 42.5 Å². The van der Waals surface area contributed by atoms with Gasteiger partial charge in [-0.2, -0.15) is 0 Å². The number of ketones is 1. The number of carbonyl (C=O) groups excluding carboxylic acids is 1. The predicted molar refractivity (Wildman–Crippen MR) is 123 cm³/mol. The first-order valence-electron chi connectivity index (χ1n) is 11.6. The molecule has 0 aliphatic heterocycles. The normalized spacial score (nSPS) is 10.8. The molecule has 0 atom stereocenters. The maximum atomic E-state index is 13.0. The second-order valence-corrected chi connectivity index (χ2v) is 7.94. The Bertz CT molecular complexity index is 706. The Morgan fingerprint density at radius 1 is 0.759 bits per heavy atom. The van der Waals surface area contributed by atoms with Crippen molar-refractivity contribution in [2.75, 3.05) is 6.61 Å². The zero-order chi connectivity index (χ0) is 20.7. The molecule has 0 radical (unpaired) electrons. The van der Waals surface area contributed by atoms with Crippen LogP contribution in [0.3, 0.4) is 0 Å². The van der Waals surface area contributed by atoms with E-state index >= 15 is 0 Å². The molecule has 2 aromatic carbocycles. The van der Waals surface area contributed by atoms with Crippen molar-refractivity contribution in [1.82, 2.24) is 0 Å². The fraction of sp³-hybridized carbons (Fsp3) is 0.519. The zero-order valence-corrected chi connectivity index (χ0v) is 18.4. The third-order valence-electron chi connectivity index (χ3n) is 5.42. The first kappa shape index (κ1) is 23.2. The van der Waals surface area contributed by atoms with E-state index in [4.69, 9.17) is 4.74 Å². The van der Waals surface area contributed by atoms with Crippen LogP contribution in [-0.2, 0) is 6.42 Å². The van der Waals surface area contributed by atoms with Crippen LogP contribution < -0.4 is 4.74 Å². The van der Waals surface area contributed by atoms with Gasteiger partial charge in [-0.15, -0.1) is 0 Å². The van der Waals surface area contributed by atoms with Crippen molar-refractivity contribution in [3.05, 3.63) is 65.2 Å². The zero-order valence-electron chi connectivity index (χ0n) is 18.4. The summed E-state index contributed by atoms with van der Waals surface area (Å²) >= 11 is 0. The Kier molecular flexibility index (Phi) is 11.2. The molecular formula is C27H38O2. The number of carbonyl (C=O) groups is 1. The number of ether oxygens (including phenoxy) is 1. The molecule has 0 aliphatic carbocycles. The van der Waals surface area contributed by atoms with Gasteiger partial charge in [-0.05, 0) is 43.0 Å². The van der Waals surface area contributed by atoms with Gasteiger partial charge >= 0.3 is 0 Å². The van der Waals surface area contributed by atoms with Gasteiger partial charge in [0, 0.05) is 11.1 Å². The van der Waals surface area contributed by atoms with Crippen molar-refractivity contribution >= 4 is 5.78 Å². The van der Waals surface area contributed by atoms with E-state index < -0.39 is 0 Å². The molecule has 158 valence electrons. The lowest BCUT2D eigenvalue weighted by molar-refractivity contribution is 0.103. The van der Waals surface area contributed by atoms with E-state index in [0.29, 0.717) is 0 Å². The minimum atomic E-state index is 0.110. The van der Waals surface area contributed by atoms with Gasteiger partial charge in [-0.25, -0.2) is 0 Å². The average Bonchev–Trinajstić information content (AvgIpc) is 2.76. The molecule has 0 spiro atoms. The molecule has 0 amide bonds. The van der Waals surface area contributed by atoms with Gasteiger partial charge in [0.15, 0.2) is 5.78 Å². The minimum Gasteiger partial charge on any atom is -0.494 e. The van der Waals surface area contributed by atoms with Crippen molar-refractivity contribution in [1.29, 1.82) is 0 Å². The predicted octanol–water partition coefficient (Wildman–Crippen LogP) is 7.78.